The summed E-state index contributed by atoms with van der Waals surface area (Å²) in [4.78, 5) is 12.1. The van der Waals surface area contributed by atoms with E-state index >= 15 is 0 Å². The number of benzene rings is 1. The fraction of sp³-hybridized carbons (Fsp3) is 0.632. The highest BCUT2D eigenvalue weighted by atomic mass is 32.2. The maximum atomic E-state index is 13.3. The van der Waals surface area contributed by atoms with Gasteiger partial charge in [-0.05, 0) is 56.9 Å². The van der Waals surface area contributed by atoms with Gasteiger partial charge in [0.1, 0.15) is 0 Å². The summed E-state index contributed by atoms with van der Waals surface area (Å²) in [5.74, 6) is -0.421. The quantitative estimate of drug-likeness (QED) is 0.721. The highest BCUT2D eigenvalue weighted by molar-refractivity contribution is 7.89. The SMILES string of the molecule is CCOC(=O)c1ccc(S(=O)(=O)N(C2CCCC2)C2CCCC2)cc1. The van der Waals surface area contributed by atoms with Crippen molar-refractivity contribution in [1.82, 2.24) is 4.31 Å². The lowest BCUT2D eigenvalue weighted by atomic mass is 10.2. The molecule has 2 aliphatic carbocycles. The lowest BCUT2D eigenvalue weighted by molar-refractivity contribution is 0.0526. The second-order valence-electron chi connectivity index (χ2n) is 6.96. The Morgan fingerprint density at radius 2 is 1.48 bits per heavy atom. The van der Waals surface area contributed by atoms with Crippen molar-refractivity contribution in [1.29, 1.82) is 0 Å². The Labute approximate surface area is 150 Å². The maximum absolute atomic E-state index is 13.3. The van der Waals surface area contributed by atoms with Crippen LogP contribution in [0.5, 0.6) is 0 Å². The van der Waals surface area contributed by atoms with Gasteiger partial charge in [0.15, 0.2) is 0 Å². The number of sulfonamides is 1. The van der Waals surface area contributed by atoms with E-state index in [-0.39, 0.29) is 17.0 Å². The number of carbonyl (C=O) groups is 1. The molecule has 25 heavy (non-hydrogen) atoms. The van der Waals surface area contributed by atoms with Crippen LogP contribution in [0.2, 0.25) is 0 Å². The number of nitrogens with zero attached hydrogens (tertiary/aromatic N) is 1. The smallest absolute Gasteiger partial charge is 0.338 e. The first-order chi connectivity index (χ1) is 12.0. The molecule has 0 heterocycles. The highest BCUT2D eigenvalue weighted by Gasteiger charge is 2.39. The molecule has 0 bridgehead atoms. The zero-order valence-electron chi connectivity index (χ0n) is 14.8. The molecule has 0 atom stereocenters. The van der Waals surface area contributed by atoms with Crippen molar-refractivity contribution in [2.45, 2.75) is 75.3 Å². The Bertz CT molecular complexity index is 671. The van der Waals surface area contributed by atoms with Crippen molar-refractivity contribution in [3.63, 3.8) is 0 Å². The first-order valence-corrected chi connectivity index (χ1v) is 10.8. The standard InChI is InChI=1S/C19H27NO4S/c1-2-24-19(21)15-11-13-18(14-12-15)25(22,23)20(16-7-3-4-8-16)17-9-5-6-10-17/h11-14,16-17H,2-10H2,1H3. The largest absolute Gasteiger partial charge is 0.462 e. The normalized spacial score (nSPS) is 19.6. The molecule has 0 spiro atoms. The Morgan fingerprint density at radius 1 is 1.00 bits per heavy atom. The van der Waals surface area contributed by atoms with E-state index in [0.717, 1.165) is 51.4 Å². The van der Waals surface area contributed by atoms with Crippen molar-refractivity contribution < 1.29 is 17.9 Å². The van der Waals surface area contributed by atoms with Crippen LogP contribution in [-0.2, 0) is 14.8 Å². The summed E-state index contributed by atoms with van der Waals surface area (Å²) in [6.07, 6.45) is 8.23. The first-order valence-electron chi connectivity index (χ1n) is 9.34. The molecular formula is C19H27NO4S. The van der Waals surface area contributed by atoms with Crippen LogP contribution in [0.1, 0.15) is 68.6 Å². The molecule has 0 amide bonds. The monoisotopic (exact) mass is 365 g/mol. The van der Waals surface area contributed by atoms with Gasteiger partial charge in [-0.25, -0.2) is 13.2 Å². The summed E-state index contributed by atoms with van der Waals surface area (Å²) < 4.78 is 33.4. The van der Waals surface area contributed by atoms with Gasteiger partial charge in [0.2, 0.25) is 10.0 Å². The number of hydrogen-bond acceptors (Lipinski definition) is 4. The fourth-order valence-electron chi connectivity index (χ4n) is 4.11. The van der Waals surface area contributed by atoms with Crippen LogP contribution in [0.25, 0.3) is 0 Å². The van der Waals surface area contributed by atoms with Gasteiger partial charge in [0.25, 0.3) is 0 Å². The molecule has 2 fully saturated rings. The van der Waals surface area contributed by atoms with Crippen LogP contribution < -0.4 is 0 Å². The van der Waals surface area contributed by atoms with Crippen LogP contribution in [0.3, 0.4) is 0 Å². The number of carbonyl (C=O) groups excluding carboxylic acids is 1. The van der Waals surface area contributed by atoms with E-state index in [1.165, 1.54) is 0 Å². The van der Waals surface area contributed by atoms with Crippen molar-refractivity contribution in [3.8, 4) is 0 Å². The summed E-state index contributed by atoms with van der Waals surface area (Å²) in [6.45, 7) is 2.05. The predicted molar refractivity (Wildman–Crippen MR) is 95.9 cm³/mol. The van der Waals surface area contributed by atoms with E-state index in [1.807, 2.05) is 0 Å². The minimum Gasteiger partial charge on any atom is -0.462 e. The third-order valence-corrected chi connectivity index (χ3v) is 7.33. The lowest BCUT2D eigenvalue weighted by Gasteiger charge is -2.33. The molecule has 0 unspecified atom stereocenters. The molecule has 5 nitrogen and oxygen atoms in total. The van der Waals surface area contributed by atoms with Crippen LogP contribution >= 0.6 is 0 Å². The van der Waals surface area contributed by atoms with Gasteiger partial charge >= 0.3 is 5.97 Å². The third kappa shape index (κ3) is 3.90. The Balaban J connectivity index is 1.87. The van der Waals surface area contributed by atoms with Crippen molar-refractivity contribution in [2.24, 2.45) is 0 Å². The average Bonchev–Trinajstić information content (AvgIpc) is 3.30. The van der Waals surface area contributed by atoms with Gasteiger partial charge < -0.3 is 4.74 Å². The van der Waals surface area contributed by atoms with Gasteiger partial charge in [0.05, 0.1) is 17.1 Å². The van der Waals surface area contributed by atoms with Crippen molar-refractivity contribution in [3.05, 3.63) is 29.8 Å². The van der Waals surface area contributed by atoms with Gasteiger partial charge in [0, 0.05) is 12.1 Å². The first kappa shape index (κ1) is 18.4. The molecule has 2 saturated carbocycles. The van der Waals surface area contributed by atoms with Crippen LogP contribution in [0, 0.1) is 0 Å². The molecule has 0 saturated heterocycles. The van der Waals surface area contributed by atoms with E-state index in [9.17, 15) is 13.2 Å². The summed E-state index contributed by atoms with van der Waals surface area (Å²) in [5.41, 5.74) is 0.383. The van der Waals surface area contributed by atoms with Gasteiger partial charge in [-0.1, -0.05) is 25.7 Å². The van der Waals surface area contributed by atoms with E-state index in [0.29, 0.717) is 12.2 Å². The van der Waals surface area contributed by atoms with Crippen molar-refractivity contribution >= 4 is 16.0 Å². The van der Waals surface area contributed by atoms with E-state index < -0.39 is 16.0 Å². The molecule has 0 radical (unpaired) electrons. The molecule has 0 aliphatic heterocycles. The molecule has 3 rings (SSSR count). The van der Waals surface area contributed by atoms with E-state index in [2.05, 4.69) is 0 Å². The van der Waals surface area contributed by atoms with Gasteiger partial charge in [-0.2, -0.15) is 4.31 Å². The topological polar surface area (TPSA) is 63.7 Å². The average molecular weight is 365 g/mol. The number of ether oxygens (including phenoxy) is 1. The number of esters is 1. The molecule has 1 aromatic carbocycles. The molecule has 138 valence electrons. The van der Waals surface area contributed by atoms with Gasteiger partial charge in [-0.15, -0.1) is 0 Å². The molecule has 0 aromatic heterocycles. The van der Waals surface area contributed by atoms with E-state index in [4.69, 9.17) is 4.74 Å². The lowest BCUT2D eigenvalue weighted by Crippen LogP contribution is -2.45. The Hall–Kier alpha value is -1.40. The van der Waals surface area contributed by atoms with Gasteiger partial charge in [-0.3, -0.25) is 0 Å². The molecule has 2 aliphatic rings. The summed E-state index contributed by atoms with van der Waals surface area (Å²) in [7, 11) is -3.54. The number of rotatable bonds is 6. The molecule has 0 N–H and O–H groups in total. The molecular weight excluding hydrogens is 338 g/mol. The zero-order chi connectivity index (χ0) is 17.9. The predicted octanol–water partition coefficient (Wildman–Crippen LogP) is 3.74. The fourth-order valence-corrected chi connectivity index (χ4v) is 6.04. The second-order valence-corrected chi connectivity index (χ2v) is 8.80. The van der Waals surface area contributed by atoms with Crippen LogP contribution in [0.15, 0.2) is 29.2 Å². The minimum absolute atomic E-state index is 0.123. The zero-order valence-corrected chi connectivity index (χ0v) is 15.6. The summed E-state index contributed by atoms with van der Waals surface area (Å²) in [6, 6.07) is 6.42. The summed E-state index contributed by atoms with van der Waals surface area (Å²) >= 11 is 0. The summed E-state index contributed by atoms with van der Waals surface area (Å²) in [5, 5.41) is 0. The van der Waals surface area contributed by atoms with Crippen LogP contribution in [-0.4, -0.2) is 37.4 Å². The minimum atomic E-state index is -3.54. The second kappa shape index (κ2) is 7.87. The Morgan fingerprint density at radius 3 is 1.92 bits per heavy atom. The Kier molecular flexibility index (Phi) is 5.79. The third-order valence-electron chi connectivity index (χ3n) is 5.31. The van der Waals surface area contributed by atoms with Crippen molar-refractivity contribution in [2.75, 3.05) is 6.61 Å². The molecule has 6 heteroatoms. The number of hydrogen-bond donors (Lipinski definition) is 0. The van der Waals surface area contributed by atoms with E-state index in [1.54, 1.807) is 35.5 Å². The van der Waals surface area contributed by atoms with Crippen LogP contribution in [0.4, 0.5) is 0 Å². The molecule has 1 aromatic rings. The maximum Gasteiger partial charge on any atom is 0.338 e. The highest BCUT2D eigenvalue weighted by Crippen LogP contribution is 2.36.